The Kier molecular flexibility index (Phi) is 4.90. The molecule has 136 valence electrons. The first kappa shape index (κ1) is 17.7. The van der Waals surface area contributed by atoms with Gasteiger partial charge in [0.25, 0.3) is 0 Å². The number of hydrogen-bond donors (Lipinski definition) is 0. The summed E-state index contributed by atoms with van der Waals surface area (Å²) in [6.45, 7) is 7.78. The molecule has 6 heteroatoms. The molecule has 0 atom stereocenters. The number of allylic oxidation sites excluding steroid dienone is 3. The lowest BCUT2D eigenvalue weighted by atomic mass is 10.1. The summed E-state index contributed by atoms with van der Waals surface area (Å²) in [6, 6.07) is 8.43. The third kappa shape index (κ3) is 3.57. The summed E-state index contributed by atoms with van der Waals surface area (Å²) < 4.78 is 1.87. The molecule has 0 saturated carbocycles. The molecule has 4 rings (SSSR count). The summed E-state index contributed by atoms with van der Waals surface area (Å²) >= 11 is 1.84. The van der Waals surface area contributed by atoms with Gasteiger partial charge in [-0.15, -0.1) is 11.8 Å². The van der Waals surface area contributed by atoms with Gasteiger partial charge in [-0.05, 0) is 32.4 Å². The van der Waals surface area contributed by atoms with Crippen molar-refractivity contribution in [2.24, 2.45) is 4.99 Å². The molecule has 0 amide bonds. The SMILES string of the molecule is C=C/C=C(CCc1nc2c(C)ncc(C)n2n1)\N=C1/CSc2ccccc21. The lowest BCUT2D eigenvalue weighted by molar-refractivity contribution is 0.809. The molecule has 3 heterocycles. The largest absolute Gasteiger partial charge is 0.256 e. The average Bonchev–Trinajstić information content (AvgIpc) is 3.29. The first-order valence-corrected chi connectivity index (χ1v) is 9.93. The lowest BCUT2D eigenvalue weighted by Crippen LogP contribution is -2.00. The molecule has 0 N–H and O–H groups in total. The van der Waals surface area contributed by atoms with E-state index in [1.165, 1.54) is 10.5 Å². The normalized spacial score (nSPS) is 15.5. The molecule has 0 bridgehead atoms. The minimum Gasteiger partial charge on any atom is -0.256 e. The van der Waals surface area contributed by atoms with Gasteiger partial charge in [-0.1, -0.05) is 30.9 Å². The first-order valence-electron chi connectivity index (χ1n) is 8.95. The van der Waals surface area contributed by atoms with Crippen LogP contribution < -0.4 is 0 Å². The highest BCUT2D eigenvalue weighted by Gasteiger charge is 2.18. The average molecular weight is 376 g/mol. The fourth-order valence-electron chi connectivity index (χ4n) is 3.12. The van der Waals surface area contributed by atoms with Gasteiger partial charge in [-0.2, -0.15) is 5.10 Å². The molecule has 0 fully saturated rings. The van der Waals surface area contributed by atoms with Gasteiger partial charge in [0.05, 0.1) is 17.1 Å². The molecule has 0 radical (unpaired) electrons. The molecule has 2 aromatic heterocycles. The highest BCUT2D eigenvalue weighted by Crippen LogP contribution is 2.32. The minimum absolute atomic E-state index is 0.728. The summed E-state index contributed by atoms with van der Waals surface area (Å²) in [5, 5.41) is 4.63. The van der Waals surface area contributed by atoms with E-state index >= 15 is 0 Å². The Morgan fingerprint density at radius 1 is 1.33 bits per heavy atom. The second-order valence-corrected chi connectivity index (χ2v) is 7.50. The zero-order valence-electron chi connectivity index (χ0n) is 15.5. The molecule has 5 nitrogen and oxygen atoms in total. The molecule has 0 aliphatic carbocycles. The lowest BCUT2D eigenvalue weighted by Gasteiger charge is -2.03. The van der Waals surface area contributed by atoms with Crippen LogP contribution in [0.4, 0.5) is 0 Å². The third-order valence-electron chi connectivity index (χ3n) is 4.51. The summed E-state index contributed by atoms with van der Waals surface area (Å²) in [6.07, 6.45) is 7.09. The Balaban J connectivity index is 1.56. The second kappa shape index (κ2) is 7.48. The molecular formula is C21H21N5S. The van der Waals surface area contributed by atoms with Crippen molar-refractivity contribution in [1.82, 2.24) is 19.6 Å². The Morgan fingerprint density at radius 3 is 3.00 bits per heavy atom. The van der Waals surface area contributed by atoms with Gasteiger partial charge in [0.15, 0.2) is 11.5 Å². The number of hydrogen-bond acceptors (Lipinski definition) is 5. The smallest absolute Gasteiger partial charge is 0.177 e. The summed E-state index contributed by atoms with van der Waals surface area (Å²) in [7, 11) is 0. The van der Waals surface area contributed by atoms with Crippen LogP contribution >= 0.6 is 11.8 Å². The summed E-state index contributed by atoms with van der Waals surface area (Å²) in [5.41, 5.74) is 6.06. The van der Waals surface area contributed by atoms with Crippen LogP contribution in [0.3, 0.4) is 0 Å². The van der Waals surface area contributed by atoms with Gasteiger partial charge in [0.2, 0.25) is 0 Å². The van der Waals surface area contributed by atoms with Crippen LogP contribution in [0.2, 0.25) is 0 Å². The van der Waals surface area contributed by atoms with Crippen molar-refractivity contribution in [3.63, 3.8) is 0 Å². The molecule has 1 aliphatic heterocycles. The zero-order chi connectivity index (χ0) is 18.8. The third-order valence-corrected chi connectivity index (χ3v) is 5.59. The van der Waals surface area contributed by atoms with Crippen LogP contribution in [0.1, 0.15) is 29.2 Å². The minimum atomic E-state index is 0.728. The molecule has 0 saturated heterocycles. The number of aromatic nitrogens is 4. The maximum atomic E-state index is 4.92. The van der Waals surface area contributed by atoms with Crippen LogP contribution in [-0.4, -0.2) is 31.0 Å². The van der Waals surface area contributed by atoms with Gasteiger partial charge < -0.3 is 0 Å². The van der Waals surface area contributed by atoms with Crippen LogP contribution in [0.5, 0.6) is 0 Å². The first-order chi connectivity index (χ1) is 13.2. The number of benzene rings is 1. The van der Waals surface area contributed by atoms with Crippen LogP contribution in [0.15, 0.2) is 64.8 Å². The number of fused-ring (bicyclic) bond motifs is 2. The molecule has 1 aliphatic rings. The molecule has 3 aromatic rings. The number of aryl methyl sites for hydroxylation is 3. The van der Waals surface area contributed by atoms with E-state index < -0.39 is 0 Å². The van der Waals surface area contributed by atoms with Crippen molar-refractivity contribution in [3.05, 3.63) is 77.7 Å². The van der Waals surface area contributed by atoms with E-state index in [9.17, 15) is 0 Å². The topological polar surface area (TPSA) is 55.4 Å². The summed E-state index contributed by atoms with van der Waals surface area (Å²) in [4.78, 5) is 15.2. The Morgan fingerprint density at radius 2 is 2.19 bits per heavy atom. The number of rotatable bonds is 5. The number of thioether (sulfide) groups is 1. The van der Waals surface area contributed by atoms with Crippen LogP contribution in [0.25, 0.3) is 5.65 Å². The van der Waals surface area contributed by atoms with Gasteiger partial charge >= 0.3 is 0 Å². The fraction of sp³-hybridized carbons (Fsp3) is 0.238. The zero-order valence-corrected chi connectivity index (χ0v) is 16.3. The molecular weight excluding hydrogens is 354 g/mol. The Labute approximate surface area is 163 Å². The molecule has 1 aromatic carbocycles. The fourth-order valence-corrected chi connectivity index (χ4v) is 4.14. The van der Waals surface area contributed by atoms with Gasteiger partial charge in [0, 0.05) is 34.5 Å². The maximum Gasteiger partial charge on any atom is 0.177 e. The van der Waals surface area contributed by atoms with Gasteiger partial charge in [-0.3, -0.25) is 9.98 Å². The van der Waals surface area contributed by atoms with Crippen molar-refractivity contribution in [2.45, 2.75) is 31.6 Å². The van der Waals surface area contributed by atoms with E-state index in [1.807, 2.05) is 42.4 Å². The van der Waals surface area contributed by atoms with Crippen molar-refractivity contribution in [2.75, 3.05) is 5.75 Å². The Bertz CT molecular complexity index is 1040. The highest BCUT2D eigenvalue weighted by molar-refractivity contribution is 8.00. The molecule has 0 unspecified atom stereocenters. The van der Waals surface area contributed by atoms with Crippen molar-refractivity contribution in [1.29, 1.82) is 0 Å². The van der Waals surface area contributed by atoms with Crippen molar-refractivity contribution >= 4 is 23.1 Å². The van der Waals surface area contributed by atoms with E-state index in [1.54, 1.807) is 6.08 Å². The molecule has 0 spiro atoms. The van der Waals surface area contributed by atoms with E-state index in [2.05, 4.69) is 45.9 Å². The number of nitrogens with zero attached hydrogens (tertiary/aromatic N) is 5. The van der Waals surface area contributed by atoms with Crippen LogP contribution in [-0.2, 0) is 6.42 Å². The molecule has 27 heavy (non-hydrogen) atoms. The van der Waals surface area contributed by atoms with E-state index in [0.717, 1.165) is 52.9 Å². The number of aliphatic imine (C=N–C) groups is 1. The van der Waals surface area contributed by atoms with E-state index in [4.69, 9.17) is 4.99 Å². The quantitative estimate of drug-likeness (QED) is 0.623. The van der Waals surface area contributed by atoms with Crippen molar-refractivity contribution < 1.29 is 0 Å². The predicted octanol–water partition coefficient (Wildman–Crippen LogP) is 4.34. The van der Waals surface area contributed by atoms with Gasteiger partial charge in [0.1, 0.15) is 0 Å². The standard InChI is InChI=1S/C21H21N5S/c1-4-7-16(23-18-13-27-19-9-6-5-8-17(18)19)10-11-20-24-21-15(3)22-12-14(2)26(21)25-20/h4-9,12H,1,10-11,13H2,2-3H3/b16-7-,23-18+. The maximum absolute atomic E-state index is 4.92. The van der Waals surface area contributed by atoms with Crippen molar-refractivity contribution in [3.8, 4) is 0 Å². The predicted molar refractivity (Wildman–Crippen MR) is 111 cm³/mol. The van der Waals surface area contributed by atoms with E-state index in [-0.39, 0.29) is 0 Å². The van der Waals surface area contributed by atoms with Crippen LogP contribution in [0, 0.1) is 13.8 Å². The monoisotopic (exact) mass is 375 g/mol. The second-order valence-electron chi connectivity index (χ2n) is 6.49. The Hall–Kier alpha value is -2.73. The van der Waals surface area contributed by atoms with E-state index in [0.29, 0.717) is 0 Å². The highest BCUT2D eigenvalue weighted by atomic mass is 32.2. The summed E-state index contributed by atoms with van der Waals surface area (Å²) in [5.74, 6) is 1.72. The van der Waals surface area contributed by atoms with Gasteiger partial charge in [-0.25, -0.2) is 9.50 Å².